The Morgan fingerprint density at radius 1 is 1.15 bits per heavy atom. The quantitative estimate of drug-likeness (QED) is 0.874. The molecular weight excluding hydrogens is 248 g/mol. The van der Waals surface area contributed by atoms with Crippen LogP contribution in [0.25, 0.3) is 0 Å². The van der Waals surface area contributed by atoms with Crippen LogP contribution in [0.15, 0.2) is 48.8 Å². The summed E-state index contributed by atoms with van der Waals surface area (Å²) >= 11 is 0. The van der Waals surface area contributed by atoms with Gasteiger partial charge in [0.15, 0.2) is 0 Å². The summed E-state index contributed by atoms with van der Waals surface area (Å²) in [4.78, 5) is 4.16. The van der Waals surface area contributed by atoms with E-state index in [-0.39, 0.29) is 6.04 Å². The smallest absolute Gasteiger partial charge is 0.122 e. The summed E-state index contributed by atoms with van der Waals surface area (Å²) in [5.41, 5.74) is 2.44. The highest BCUT2D eigenvalue weighted by molar-refractivity contribution is 5.33. The molecule has 3 nitrogen and oxygen atoms in total. The molecular formula is C17H22N2O. The summed E-state index contributed by atoms with van der Waals surface area (Å²) in [5.74, 6) is 0.954. The number of hydrogen-bond acceptors (Lipinski definition) is 3. The molecule has 0 bridgehead atoms. The Labute approximate surface area is 121 Å². The van der Waals surface area contributed by atoms with Crippen molar-refractivity contribution in [2.75, 3.05) is 7.11 Å². The molecule has 0 radical (unpaired) electrons. The van der Waals surface area contributed by atoms with Gasteiger partial charge in [0.1, 0.15) is 5.75 Å². The Balaban J connectivity index is 1.97. The van der Waals surface area contributed by atoms with Gasteiger partial charge in [-0.2, -0.15) is 0 Å². The van der Waals surface area contributed by atoms with Gasteiger partial charge in [-0.3, -0.25) is 4.98 Å². The molecule has 2 atom stereocenters. The SMILES string of the molecule is COc1ccccc1CC(C)N[C@H](C)c1cccnc1. The highest BCUT2D eigenvalue weighted by atomic mass is 16.5. The lowest BCUT2D eigenvalue weighted by Crippen LogP contribution is -2.30. The van der Waals surface area contributed by atoms with Crippen molar-refractivity contribution in [3.8, 4) is 5.75 Å². The van der Waals surface area contributed by atoms with Gasteiger partial charge in [0, 0.05) is 24.5 Å². The molecule has 0 saturated heterocycles. The highest BCUT2D eigenvalue weighted by Crippen LogP contribution is 2.20. The number of rotatable bonds is 6. The fourth-order valence-electron chi connectivity index (χ4n) is 2.42. The monoisotopic (exact) mass is 270 g/mol. The van der Waals surface area contributed by atoms with Crippen molar-refractivity contribution < 1.29 is 4.74 Å². The third kappa shape index (κ3) is 3.81. The second kappa shape index (κ2) is 7.06. The Kier molecular flexibility index (Phi) is 5.13. The molecule has 1 heterocycles. The van der Waals surface area contributed by atoms with Crippen LogP contribution in [-0.2, 0) is 6.42 Å². The number of benzene rings is 1. The molecule has 1 aromatic heterocycles. The van der Waals surface area contributed by atoms with Gasteiger partial charge >= 0.3 is 0 Å². The van der Waals surface area contributed by atoms with Crippen molar-refractivity contribution in [2.24, 2.45) is 0 Å². The van der Waals surface area contributed by atoms with Crippen molar-refractivity contribution in [3.63, 3.8) is 0 Å². The lowest BCUT2D eigenvalue weighted by molar-refractivity contribution is 0.403. The normalized spacial score (nSPS) is 13.8. The van der Waals surface area contributed by atoms with Crippen molar-refractivity contribution in [3.05, 3.63) is 59.9 Å². The third-order valence-electron chi connectivity index (χ3n) is 3.44. The number of pyridine rings is 1. The second-order valence-corrected chi connectivity index (χ2v) is 5.09. The maximum Gasteiger partial charge on any atom is 0.122 e. The standard InChI is InChI=1S/C17H22N2O/c1-13(11-15-7-4-5-9-17(15)20-3)19-14(2)16-8-6-10-18-12-16/h4-10,12-14,19H,11H2,1-3H3/t13?,14-/m1/s1. The van der Waals surface area contributed by atoms with E-state index in [2.05, 4.69) is 42.3 Å². The molecule has 0 aliphatic carbocycles. The molecule has 0 aliphatic rings. The van der Waals surface area contributed by atoms with E-state index in [1.54, 1.807) is 13.3 Å². The molecule has 0 saturated carbocycles. The Bertz CT molecular complexity index is 528. The molecule has 106 valence electrons. The number of para-hydroxylation sites is 1. The number of aromatic nitrogens is 1. The zero-order chi connectivity index (χ0) is 14.4. The zero-order valence-electron chi connectivity index (χ0n) is 12.3. The summed E-state index contributed by atoms with van der Waals surface area (Å²) in [7, 11) is 1.72. The van der Waals surface area contributed by atoms with Crippen LogP contribution in [0.2, 0.25) is 0 Å². The lowest BCUT2D eigenvalue weighted by Gasteiger charge is -2.21. The molecule has 1 unspecified atom stereocenters. The lowest BCUT2D eigenvalue weighted by atomic mass is 10.0. The van der Waals surface area contributed by atoms with Crippen molar-refractivity contribution in [2.45, 2.75) is 32.4 Å². The van der Waals surface area contributed by atoms with Gasteiger partial charge < -0.3 is 10.1 Å². The topological polar surface area (TPSA) is 34.1 Å². The molecule has 1 aromatic carbocycles. The van der Waals surface area contributed by atoms with E-state index in [0.717, 1.165) is 12.2 Å². The first-order valence-corrected chi connectivity index (χ1v) is 6.98. The van der Waals surface area contributed by atoms with Crippen molar-refractivity contribution >= 4 is 0 Å². The van der Waals surface area contributed by atoms with Gasteiger partial charge in [0.2, 0.25) is 0 Å². The van der Waals surface area contributed by atoms with Crippen LogP contribution in [0.5, 0.6) is 5.75 Å². The first-order chi connectivity index (χ1) is 9.70. The molecule has 0 amide bonds. The molecule has 1 N–H and O–H groups in total. The minimum Gasteiger partial charge on any atom is -0.496 e. The predicted octanol–water partition coefficient (Wildman–Crippen LogP) is 3.37. The maximum atomic E-state index is 5.40. The van der Waals surface area contributed by atoms with Crippen LogP contribution < -0.4 is 10.1 Å². The molecule has 3 heteroatoms. The number of ether oxygens (including phenoxy) is 1. The molecule has 0 aliphatic heterocycles. The average Bonchev–Trinajstić information content (AvgIpc) is 2.48. The van der Waals surface area contributed by atoms with E-state index < -0.39 is 0 Å². The maximum absolute atomic E-state index is 5.40. The van der Waals surface area contributed by atoms with E-state index in [1.165, 1.54) is 11.1 Å². The van der Waals surface area contributed by atoms with Crippen LogP contribution in [-0.4, -0.2) is 18.1 Å². The Hall–Kier alpha value is -1.87. The molecule has 20 heavy (non-hydrogen) atoms. The molecule has 0 fully saturated rings. The van der Waals surface area contributed by atoms with Gasteiger partial charge in [0.05, 0.1) is 7.11 Å². The number of hydrogen-bond donors (Lipinski definition) is 1. The van der Waals surface area contributed by atoms with Crippen molar-refractivity contribution in [1.82, 2.24) is 10.3 Å². The first kappa shape index (κ1) is 14.5. The van der Waals surface area contributed by atoms with E-state index >= 15 is 0 Å². The van der Waals surface area contributed by atoms with Crippen LogP contribution >= 0.6 is 0 Å². The van der Waals surface area contributed by atoms with E-state index in [9.17, 15) is 0 Å². The summed E-state index contributed by atoms with van der Waals surface area (Å²) < 4.78 is 5.40. The van der Waals surface area contributed by atoms with Gasteiger partial charge in [-0.15, -0.1) is 0 Å². The number of nitrogens with zero attached hydrogens (tertiary/aromatic N) is 1. The molecule has 2 aromatic rings. The first-order valence-electron chi connectivity index (χ1n) is 6.98. The van der Waals surface area contributed by atoms with Crippen LogP contribution in [0.4, 0.5) is 0 Å². The van der Waals surface area contributed by atoms with Gasteiger partial charge in [-0.1, -0.05) is 24.3 Å². The number of nitrogens with one attached hydrogen (secondary N) is 1. The summed E-state index contributed by atoms with van der Waals surface area (Å²) in [6.45, 7) is 4.36. The minimum atomic E-state index is 0.286. The second-order valence-electron chi connectivity index (χ2n) is 5.09. The summed E-state index contributed by atoms with van der Waals surface area (Å²) in [6.07, 6.45) is 4.65. The van der Waals surface area contributed by atoms with Gasteiger partial charge in [-0.25, -0.2) is 0 Å². The van der Waals surface area contributed by atoms with Crippen LogP contribution in [0.3, 0.4) is 0 Å². The number of methoxy groups -OCH3 is 1. The van der Waals surface area contributed by atoms with Gasteiger partial charge in [0.25, 0.3) is 0 Å². The highest BCUT2D eigenvalue weighted by Gasteiger charge is 2.12. The summed E-state index contributed by atoms with van der Waals surface area (Å²) in [5, 5.41) is 3.60. The average molecular weight is 270 g/mol. The van der Waals surface area contributed by atoms with Crippen molar-refractivity contribution in [1.29, 1.82) is 0 Å². The van der Waals surface area contributed by atoms with Crippen LogP contribution in [0.1, 0.15) is 31.0 Å². The van der Waals surface area contributed by atoms with Gasteiger partial charge in [-0.05, 0) is 43.5 Å². The Morgan fingerprint density at radius 3 is 2.65 bits per heavy atom. The molecule has 2 rings (SSSR count). The fraction of sp³-hybridized carbons (Fsp3) is 0.353. The summed E-state index contributed by atoms with van der Waals surface area (Å²) in [6, 6.07) is 12.9. The fourth-order valence-corrected chi connectivity index (χ4v) is 2.42. The molecule has 0 spiro atoms. The third-order valence-corrected chi connectivity index (χ3v) is 3.44. The minimum absolute atomic E-state index is 0.286. The van der Waals surface area contributed by atoms with E-state index in [0.29, 0.717) is 6.04 Å². The van der Waals surface area contributed by atoms with E-state index in [4.69, 9.17) is 4.74 Å². The zero-order valence-corrected chi connectivity index (χ0v) is 12.3. The Morgan fingerprint density at radius 2 is 1.95 bits per heavy atom. The predicted molar refractivity (Wildman–Crippen MR) is 81.9 cm³/mol. The largest absolute Gasteiger partial charge is 0.496 e. The van der Waals surface area contributed by atoms with E-state index in [1.807, 2.05) is 24.4 Å². The van der Waals surface area contributed by atoms with Crippen LogP contribution in [0, 0.1) is 0 Å².